The van der Waals surface area contributed by atoms with E-state index in [0.29, 0.717) is 0 Å². The van der Waals surface area contributed by atoms with Crippen LogP contribution in [0.1, 0.15) is 100 Å². The zero-order chi connectivity index (χ0) is 57.6. The van der Waals surface area contributed by atoms with Crippen LogP contribution in [0.2, 0.25) is 0 Å². The Labute approximate surface area is 491 Å². The van der Waals surface area contributed by atoms with Crippen molar-refractivity contribution in [3.8, 4) is 71.0 Å². The van der Waals surface area contributed by atoms with E-state index < -0.39 is 33.6 Å². The third-order valence-electron chi connectivity index (χ3n) is 16.9. The third kappa shape index (κ3) is 8.10. The lowest BCUT2D eigenvalue weighted by molar-refractivity contribution is 0.0330. The maximum atomic E-state index is 6.62. The fourth-order valence-corrected chi connectivity index (χ4v) is 12.8. The van der Waals surface area contributed by atoms with Gasteiger partial charge in [-0.1, -0.05) is 217 Å². The second-order valence-electron chi connectivity index (χ2n) is 20.8. The van der Waals surface area contributed by atoms with Crippen LogP contribution < -0.4 is 0 Å². The summed E-state index contributed by atoms with van der Waals surface area (Å²) in [6.07, 6.45) is 0. The van der Waals surface area contributed by atoms with Crippen molar-refractivity contribution < 1.29 is 28.4 Å². The monoisotopic (exact) mass is 1090 g/mol. The molecule has 0 saturated heterocycles. The SMILES string of the molecule is COC12C#Cc3ccc(cc3)C#CC3(OC)c4ccccc4C(OC)(C#Cc4ccc(cc4)C#CC4(OC)c5ccccc5C(OC)(C#Cc5ccc(cc5)C#CC(OC)(c5ccccc51)c1ccccc12)c1ccccc14)c1ccccc13. The van der Waals surface area contributed by atoms with Gasteiger partial charge in [-0.05, 0) is 72.8 Å². The van der Waals surface area contributed by atoms with Gasteiger partial charge in [-0.15, -0.1) is 0 Å². The smallest absolute Gasteiger partial charge is 0.180 e. The normalized spacial score (nSPS) is 23.2. The molecular formula is C78H54O6. The fraction of sp³-hybridized carbons (Fsp3) is 0.154. The Kier molecular flexibility index (Phi) is 13.4. The molecule has 9 aromatic carbocycles. The number of hydrogen-bond donors (Lipinski definition) is 0. The predicted molar refractivity (Wildman–Crippen MR) is 326 cm³/mol. The molecule has 0 N–H and O–H groups in total. The molecule has 0 radical (unpaired) electrons. The summed E-state index contributed by atoms with van der Waals surface area (Å²) >= 11 is 0. The summed E-state index contributed by atoms with van der Waals surface area (Å²) in [4.78, 5) is 0. The van der Waals surface area contributed by atoms with Crippen LogP contribution in [0.5, 0.6) is 0 Å². The average molecular weight is 1090 g/mol. The molecule has 84 heavy (non-hydrogen) atoms. The van der Waals surface area contributed by atoms with E-state index in [-0.39, 0.29) is 0 Å². The first-order chi connectivity index (χ1) is 41.2. The van der Waals surface area contributed by atoms with Gasteiger partial charge in [-0.3, -0.25) is 0 Å². The zero-order valence-corrected chi connectivity index (χ0v) is 47.2. The highest BCUT2D eigenvalue weighted by Gasteiger charge is 2.53. The van der Waals surface area contributed by atoms with Crippen LogP contribution in [0.3, 0.4) is 0 Å². The Hall–Kier alpha value is -9.90. The number of hydrogen-bond acceptors (Lipinski definition) is 6. The van der Waals surface area contributed by atoms with Gasteiger partial charge >= 0.3 is 0 Å². The third-order valence-corrected chi connectivity index (χ3v) is 16.9. The van der Waals surface area contributed by atoms with Crippen LogP contribution in [-0.4, -0.2) is 42.7 Å². The zero-order valence-electron chi connectivity index (χ0n) is 47.2. The van der Waals surface area contributed by atoms with Crippen molar-refractivity contribution in [2.24, 2.45) is 0 Å². The van der Waals surface area contributed by atoms with E-state index >= 15 is 0 Å². The van der Waals surface area contributed by atoms with Crippen LogP contribution in [0.4, 0.5) is 0 Å². The van der Waals surface area contributed by atoms with Crippen LogP contribution >= 0.6 is 0 Å². The molecule has 0 atom stereocenters. The molecule has 0 spiro atoms. The minimum Gasteiger partial charge on any atom is -0.357 e. The number of ether oxygens (including phenoxy) is 6. The summed E-state index contributed by atoms with van der Waals surface area (Å²) in [7, 11) is 10.2. The largest absolute Gasteiger partial charge is 0.357 e. The van der Waals surface area contributed by atoms with E-state index in [1.165, 1.54) is 0 Å². The summed E-state index contributed by atoms with van der Waals surface area (Å²) < 4.78 is 39.7. The second kappa shape index (κ2) is 21.1. The molecular weight excluding hydrogens is 1030 g/mol. The molecule has 22 rings (SSSR count). The molecule has 0 amide bonds. The van der Waals surface area contributed by atoms with Crippen molar-refractivity contribution in [1.29, 1.82) is 0 Å². The van der Waals surface area contributed by atoms with Gasteiger partial charge in [0.25, 0.3) is 0 Å². The minimum atomic E-state index is -1.18. The van der Waals surface area contributed by atoms with Gasteiger partial charge in [-0.2, -0.15) is 0 Å². The summed E-state index contributed by atoms with van der Waals surface area (Å²) in [6, 6.07) is 72.4. The lowest BCUT2D eigenvalue weighted by Gasteiger charge is -2.43. The van der Waals surface area contributed by atoms with Gasteiger partial charge in [-0.25, -0.2) is 0 Å². The van der Waals surface area contributed by atoms with Gasteiger partial charge in [0, 0.05) is 143 Å². The molecule has 12 bridgehead atoms. The van der Waals surface area contributed by atoms with Gasteiger partial charge in [0.15, 0.2) is 33.6 Å². The molecule has 0 saturated carbocycles. The number of methoxy groups -OCH3 is 6. The first-order valence-corrected chi connectivity index (χ1v) is 27.6. The molecule has 0 fully saturated rings. The standard InChI is InChI=1S/C78H54O6/c1-79-73-49-43-55-31-33-56(34-32-55)45-51-75(81-3)65-23-11-13-25-67(65)77(83-5,68-26-14-12-24-66(68)75)53-47-59-39-41-60(42-40-59)48-54-78(84-6)71-29-17-15-27-69(71)76(82-4,70-28-16-18-30-72(70)78)52-46-58-37-35-57(36-38-58)44-50-74(80-2,63-21-9-7-19-61(63)73)64-22-10-8-20-62(64)73/h7-42H,1-6H3. The van der Waals surface area contributed by atoms with Gasteiger partial charge in [0.2, 0.25) is 0 Å². The molecule has 0 aliphatic heterocycles. The van der Waals surface area contributed by atoms with Crippen molar-refractivity contribution in [2.75, 3.05) is 42.7 Å². The van der Waals surface area contributed by atoms with Crippen molar-refractivity contribution >= 4 is 0 Å². The highest BCUT2D eigenvalue weighted by Crippen LogP contribution is 2.54. The van der Waals surface area contributed by atoms with E-state index in [9.17, 15) is 0 Å². The average Bonchev–Trinajstić information content (AvgIpc) is 2.36. The van der Waals surface area contributed by atoms with Crippen molar-refractivity contribution in [2.45, 2.75) is 33.6 Å². The summed E-state index contributed by atoms with van der Waals surface area (Å²) in [5.74, 6) is 42.6. The molecule has 0 heterocycles. The van der Waals surface area contributed by atoms with Gasteiger partial charge in [0.1, 0.15) is 0 Å². The number of benzene rings is 9. The van der Waals surface area contributed by atoms with E-state index in [1.807, 2.05) is 218 Å². The van der Waals surface area contributed by atoms with Gasteiger partial charge < -0.3 is 28.4 Å². The van der Waals surface area contributed by atoms with E-state index in [1.54, 1.807) is 42.7 Å². The molecule has 9 aromatic rings. The lowest BCUT2D eigenvalue weighted by atomic mass is 9.67. The number of rotatable bonds is 6. The second-order valence-corrected chi connectivity index (χ2v) is 20.8. The van der Waals surface area contributed by atoms with E-state index in [0.717, 1.165) is 100 Å². The molecule has 0 unspecified atom stereocenters. The highest BCUT2D eigenvalue weighted by molar-refractivity contribution is 5.69. The van der Waals surface area contributed by atoms with Crippen molar-refractivity contribution in [3.05, 3.63) is 319 Å². The lowest BCUT2D eigenvalue weighted by Crippen LogP contribution is -2.43. The Bertz CT molecular complexity index is 3620. The molecule has 13 aliphatic carbocycles. The van der Waals surface area contributed by atoms with Gasteiger partial charge in [0.05, 0.1) is 0 Å². The van der Waals surface area contributed by atoms with Crippen molar-refractivity contribution in [3.63, 3.8) is 0 Å². The Morgan fingerprint density at radius 1 is 0.179 bits per heavy atom. The first kappa shape index (κ1) is 53.4. The Morgan fingerprint density at radius 3 is 0.381 bits per heavy atom. The molecule has 6 nitrogen and oxygen atoms in total. The maximum Gasteiger partial charge on any atom is 0.180 e. The summed E-state index contributed by atoms with van der Waals surface area (Å²) in [5, 5.41) is 0. The Morgan fingerprint density at radius 2 is 0.286 bits per heavy atom. The van der Waals surface area contributed by atoms with Crippen LogP contribution in [0.15, 0.2) is 218 Å². The van der Waals surface area contributed by atoms with Crippen molar-refractivity contribution in [1.82, 2.24) is 0 Å². The van der Waals surface area contributed by atoms with E-state index in [2.05, 4.69) is 71.0 Å². The molecule has 402 valence electrons. The van der Waals surface area contributed by atoms with Crippen LogP contribution in [0.25, 0.3) is 0 Å². The predicted octanol–water partition coefficient (Wildman–Crippen LogP) is 12.6. The quantitative estimate of drug-likeness (QED) is 0.155. The first-order valence-electron chi connectivity index (χ1n) is 27.6. The van der Waals surface area contributed by atoms with Crippen LogP contribution in [0, 0.1) is 71.0 Å². The fourth-order valence-electron chi connectivity index (χ4n) is 12.8. The highest BCUT2D eigenvalue weighted by atomic mass is 16.5. The van der Waals surface area contributed by atoms with Crippen LogP contribution in [-0.2, 0) is 62.0 Å². The minimum absolute atomic E-state index is 0.784. The molecule has 0 aromatic heterocycles. The summed E-state index contributed by atoms with van der Waals surface area (Å²) in [5.41, 5.74) is 7.62. The van der Waals surface area contributed by atoms with E-state index in [4.69, 9.17) is 28.4 Å². The molecule has 6 heteroatoms. The topological polar surface area (TPSA) is 55.4 Å². The Balaban J connectivity index is 1.00. The summed E-state index contributed by atoms with van der Waals surface area (Å²) in [6.45, 7) is 0. The molecule has 13 aliphatic rings. The maximum absolute atomic E-state index is 6.62.